The van der Waals surface area contributed by atoms with E-state index >= 15 is 0 Å². The molecule has 162 valence electrons. The summed E-state index contributed by atoms with van der Waals surface area (Å²) in [6.45, 7) is 12.8. The van der Waals surface area contributed by atoms with Crippen LogP contribution in [0.15, 0.2) is 24.3 Å². The molecule has 30 heavy (non-hydrogen) atoms. The Hall–Kier alpha value is -2.83. The number of nitrogens with one attached hydrogen (secondary N) is 1. The molecule has 2 heterocycles. The summed E-state index contributed by atoms with van der Waals surface area (Å²) in [5.74, 6) is -0.235. The highest BCUT2D eigenvalue weighted by Crippen LogP contribution is 2.26. The summed E-state index contributed by atoms with van der Waals surface area (Å²) in [5, 5.41) is 7.47. The first-order valence-electron chi connectivity index (χ1n) is 10.3. The molecule has 7 heteroatoms. The third-order valence-electron chi connectivity index (χ3n) is 5.07. The number of fused-ring (bicyclic) bond motifs is 1. The number of anilines is 1. The predicted octanol–water partition coefficient (Wildman–Crippen LogP) is 4.26. The second-order valence-electron chi connectivity index (χ2n) is 9.83. The van der Waals surface area contributed by atoms with Crippen LogP contribution in [0.25, 0.3) is 0 Å². The van der Waals surface area contributed by atoms with Crippen molar-refractivity contribution in [2.45, 2.75) is 65.5 Å². The molecule has 0 saturated carbocycles. The van der Waals surface area contributed by atoms with Crippen LogP contribution in [0.2, 0.25) is 0 Å². The van der Waals surface area contributed by atoms with Crippen LogP contribution < -0.4 is 5.32 Å². The standard InChI is InChI=1S/C23H32N4O3/c1-22(2,3)15-8-10-16(11-9-15)24-20(28)19-17-14-27(21(29)30-23(4,5)6)13-12-18(17)25-26(19)7/h8-11H,12-14H2,1-7H3,(H,24,28). The third kappa shape index (κ3) is 4.83. The van der Waals surface area contributed by atoms with E-state index in [-0.39, 0.29) is 17.4 Å². The number of carbonyl (C=O) groups is 2. The van der Waals surface area contributed by atoms with Crippen molar-refractivity contribution in [2.75, 3.05) is 11.9 Å². The van der Waals surface area contributed by atoms with Crippen molar-refractivity contribution in [3.05, 3.63) is 46.8 Å². The summed E-state index contributed by atoms with van der Waals surface area (Å²) in [6.07, 6.45) is 0.219. The topological polar surface area (TPSA) is 76.5 Å². The normalized spacial score (nSPS) is 14.3. The zero-order valence-electron chi connectivity index (χ0n) is 19.0. The van der Waals surface area contributed by atoms with Gasteiger partial charge >= 0.3 is 6.09 Å². The van der Waals surface area contributed by atoms with Gasteiger partial charge in [-0.15, -0.1) is 0 Å². The molecule has 1 aromatic heterocycles. The lowest BCUT2D eigenvalue weighted by molar-refractivity contribution is 0.0222. The molecule has 1 aromatic carbocycles. The number of aromatic nitrogens is 2. The molecule has 0 unspecified atom stereocenters. The number of ether oxygens (including phenoxy) is 1. The van der Waals surface area contributed by atoms with E-state index in [4.69, 9.17) is 4.74 Å². The smallest absolute Gasteiger partial charge is 0.410 e. The molecule has 3 rings (SSSR count). The largest absolute Gasteiger partial charge is 0.444 e. The maximum atomic E-state index is 13.0. The first kappa shape index (κ1) is 21.9. The van der Waals surface area contributed by atoms with E-state index in [1.165, 1.54) is 5.56 Å². The Bertz CT molecular complexity index is 947. The number of benzene rings is 1. The second kappa shape index (κ2) is 7.78. The van der Waals surface area contributed by atoms with E-state index < -0.39 is 5.60 Å². The van der Waals surface area contributed by atoms with Gasteiger partial charge in [-0.2, -0.15) is 5.10 Å². The molecule has 2 amide bonds. The van der Waals surface area contributed by atoms with Crippen molar-refractivity contribution >= 4 is 17.7 Å². The predicted molar refractivity (Wildman–Crippen MR) is 117 cm³/mol. The lowest BCUT2D eigenvalue weighted by Crippen LogP contribution is -2.40. The molecule has 0 spiro atoms. The summed E-state index contributed by atoms with van der Waals surface area (Å²) in [7, 11) is 1.76. The van der Waals surface area contributed by atoms with Gasteiger partial charge in [-0.3, -0.25) is 9.48 Å². The Morgan fingerprint density at radius 3 is 2.27 bits per heavy atom. The van der Waals surface area contributed by atoms with Gasteiger partial charge in [-0.25, -0.2) is 4.79 Å². The quantitative estimate of drug-likeness (QED) is 0.799. The minimum absolute atomic E-state index is 0.0504. The molecule has 7 nitrogen and oxygen atoms in total. The molecular formula is C23H32N4O3. The SMILES string of the molecule is Cn1nc2c(c1C(=O)Nc1ccc(C(C)(C)C)cc1)CN(C(=O)OC(C)(C)C)CC2. The van der Waals surface area contributed by atoms with Gasteiger partial charge in [0.15, 0.2) is 0 Å². The fourth-order valence-electron chi connectivity index (χ4n) is 3.51. The fourth-order valence-corrected chi connectivity index (χ4v) is 3.51. The van der Waals surface area contributed by atoms with Crippen LogP contribution in [-0.2, 0) is 30.2 Å². The van der Waals surface area contributed by atoms with Gasteiger partial charge in [0.05, 0.1) is 12.2 Å². The molecule has 0 aliphatic carbocycles. The van der Waals surface area contributed by atoms with Crippen molar-refractivity contribution < 1.29 is 14.3 Å². The van der Waals surface area contributed by atoms with E-state index in [0.717, 1.165) is 16.9 Å². The van der Waals surface area contributed by atoms with Crippen molar-refractivity contribution in [3.63, 3.8) is 0 Å². The van der Waals surface area contributed by atoms with Crippen LogP contribution in [0.4, 0.5) is 10.5 Å². The maximum Gasteiger partial charge on any atom is 0.410 e. The Kier molecular flexibility index (Phi) is 5.67. The number of hydrogen-bond donors (Lipinski definition) is 1. The molecule has 1 aliphatic heterocycles. The van der Waals surface area contributed by atoms with Gasteiger partial charge in [0, 0.05) is 31.3 Å². The molecule has 1 aliphatic rings. The number of carbonyl (C=O) groups excluding carboxylic acids is 2. The molecule has 1 N–H and O–H groups in total. The van der Waals surface area contributed by atoms with Crippen LogP contribution in [0.5, 0.6) is 0 Å². The van der Waals surface area contributed by atoms with Gasteiger partial charge in [-0.05, 0) is 43.9 Å². The van der Waals surface area contributed by atoms with E-state index in [0.29, 0.717) is 25.2 Å². The zero-order chi connectivity index (χ0) is 22.3. The van der Waals surface area contributed by atoms with Gasteiger partial charge in [0.2, 0.25) is 0 Å². The Labute approximate surface area is 178 Å². The lowest BCUT2D eigenvalue weighted by atomic mass is 9.87. The first-order valence-corrected chi connectivity index (χ1v) is 10.3. The Balaban J connectivity index is 1.79. The minimum Gasteiger partial charge on any atom is -0.444 e. The average molecular weight is 413 g/mol. The van der Waals surface area contributed by atoms with Gasteiger partial charge in [-0.1, -0.05) is 32.9 Å². The van der Waals surface area contributed by atoms with Crippen LogP contribution in [0.3, 0.4) is 0 Å². The van der Waals surface area contributed by atoms with Crippen LogP contribution in [0.1, 0.15) is 68.9 Å². The molecule has 0 bridgehead atoms. The van der Waals surface area contributed by atoms with Crippen LogP contribution >= 0.6 is 0 Å². The Morgan fingerprint density at radius 2 is 1.70 bits per heavy atom. The monoisotopic (exact) mass is 412 g/mol. The highest BCUT2D eigenvalue weighted by molar-refractivity contribution is 6.04. The number of rotatable bonds is 2. The average Bonchev–Trinajstić information content (AvgIpc) is 2.94. The Morgan fingerprint density at radius 1 is 1.07 bits per heavy atom. The molecule has 0 atom stereocenters. The van der Waals surface area contributed by atoms with Crippen LogP contribution in [0, 0.1) is 0 Å². The van der Waals surface area contributed by atoms with Crippen molar-refractivity contribution in [1.29, 1.82) is 0 Å². The van der Waals surface area contributed by atoms with E-state index in [9.17, 15) is 9.59 Å². The van der Waals surface area contributed by atoms with Crippen LogP contribution in [-0.4, -0.2) is 38.8 Å². The van der Waals surface area contributed by atoms with E-state index in [1.807, 2.05) is 45.0 Å². The number of amides is 2. The van der Waals surface area contributed by atoms with Gasteiger partial charge in [0.1, 0.15) is 11.3 Å². The zero-order valence-corrected chi connectivity index (χ0v) is 19.0. The van der Waals surface area contributed by atoms with Crippen molar-refractivity contribution in [1.82, 2.24) is 14.7 Å². The minimum atomic E-state index is -0.564. The fraction of sp³-hybridized carbons (Fsp3) is 0.522. The van der Waals surface area contributed by atoms with Crippen molar-refractivity contribution in [2.24, 2.45) is 7.05 Å². The summed E-state index contributed by atoms with van der Waals surface area (Å²) in [4.78, 5) is 27.2. The molecule has 2 aromatic rings. The van der Waals surface area contributed by atoms with E-state index in [2.05, 4.69) is 31.2 Å². The van der Waals surface area contributed by atoms with E-state index in [1.54, 1.807) is 16.6 Å². The molecular weight excluding hydrogens is 380 g/mol. The number of aryl methyl sites for hydroxylation is 1. The highest BCUT2D eigenvalue weighted by Gasteiger charge is 2.31. The first-order chi connectivity index (χ1) is 13.8. The summed E-state index contributed by atoms with van der Waals surface area (Å²) in [5.41, 5.74) is 3.51. The lowest BCUT2D eigenvalue weighted by Gasteiger charge is -2.29. The number of hydrogen-bond acceptors (Lipinski definition) is 4. The molecule has 0 radical (unpaired) electrons. The number of nitrogens with zero attached hydrogens (tertiary/aromatic N) is 3. The summed E-state index contributed by atoms with van der Waals surface area (Å²) in [6, 6.07) is 7.87. The molecule has 0 saturated heterocycles. The summed E-state index contributed by atoms with van der Waals surface area (Å²) >= 11 is 0. The molecule has 0 fully saturated rings. The summed E-state index contributed by atoms with van der Waals surface area (Å²) < 4.78 is 7.09. The maximum absolute atomic E-state index is 13.0. The van der Waals surface area contributed by atoms with Crippen molar-refractivity contribution in [3.8, 4) is 0 Å². The third-order valence-corrected chi connectivity index (χ3v) is 5.07. The highest BCUT2D eigenvalue weighted by atomic mass is 16.6. The second-order valence-corrected chi connectivity index (χ2v) is 9.83. The van der Waals surface area contributed by atoms with Gasteiger partial charge in [0.25, 0.3) is 5.91 Å². The van der Waals surface area contributed by atoms with Gasteiger partial charge < -0.3 is 15.0 Å².